The molecule has 82 valence electrons. The third-order valence-corrected chi connectivity index (χ3v) is 2.40. The Bertz CT molecular complexity index is 497. The number of benzene rings is 2. The van der Waals surface area contributed by atoms with E-state index in [-0.39, 0.29) is 5.82 Å². The molecule has 0 bridgehead atoms. The molecule has 0 spiro atoms. The number of anilines is 1. The summed E-state index contributed by atoms with van der Waals surface area (Å²) in [7, 11) is 1.48. The molecule has 2 N–H and O–H groups in total. The zero-order valence-electron chi connectivity index (χ0n) is 8.91. The number of halogens is 1. The van der Waals surface area contributed by atoms with E-state index in [2.05, 4.69) is 0 Å². The molecule has 3 heteroatoms. The number of nitrogen functional groups attached to an aromatic ring is 1. The lowest BCUT2D eigenvalue weighted by atomic mass is 10.0. The molecule has 0 saturated carbocycles. The summed E-state index contributed by atoms with van der Waals surface area (Å²) in [6, 6.07) is 12.1. The predicted octanol–water partition coefficient (Wildman–Crippen LogP) is 3.08. The highest BCUT2D eigenvalue weighted by molar-refractivity contribution is 5.77. The van der Waals surface area contributed by atoms with Gasteiger partial charge in [-0.15, -0.1) is 0 Å². The summed E-state index contributed by atoms with van der Waals surface area (Å²) in [5, 5.41) is 0. The maximum absolute atomic E-state index is 13.8. The maximum atomic E-state index is 13.8. The van der Waals surface area contributed by atoms with E-state index in [4.69, 9.17) is 10.5 Å². The van der Waals surface area contributed by atoms with Gasteiger partial charge in [0.2, 0.25) is 0 Å². The summed E-state index contributed by atoms with van der Waals surface area (Å²) in [5.41, 5.74) is 7.34. The van der Waals surface area contributed by atoms with Crippen molar-refractivity contribution in [2.45, 2.75) is 0 Å². The van der Waals surface area contributed by atoms with Crippen LogP contribution in [0, 0.1) is 5.82 Å². The number of methoxy groups -OCH3 is 1. The van der Waals surface area contributed by atoms with E-state index in [0.29, 0.717) is 17.0 Å². The summed E-state index contributed by atoms with van der Waals surface area (Å²) in [6.45, 7) is 0. The Morgan fingerprint density at radius 2 is 1.75 bits per heavy atom. The van der Waals surface area contributed by atoms with Crippen molar-refractivity contribution in [2.75, 3.05) is 12.8 Å². The van der Waals surface area contributed by atoms with E-state index in [1.54, 1.807) is 0 Å². The van der Waals surface area contributed by atoms with E-state index in [9.17, 15) is 4.39 Å². The zero-order chi connectivity index (χ0) is 11.5. The van der Waals surface area contributed by atoms with Crippen molar-refractivity contribution in [1.29, 1.82) is 0 Å². The Balaban J connectivity index is 2.68. The highest BCUT2D eigenvalue weighted by atomic mass is 19.1. The van der Waals surface area contributed by atoms with Crippen molar-refractivity contribution in [1.82, 2.24) is 0 Å². The summed E-state index contributed by atoms with van der Waals surface area (Å²) < 4.78 is 18.9. The standard InChI is InChI=1S/C13H12FNO/c1-16-13-11(15)8-7-10(14)12(13)9-5-3-2-4-6-9/h2-8H,15H2,1H3. The van der Waals surface area contributed by atoms with Gasteiger partial charge in [0.1, 0.15) is 5.82 Å². The summed E-state index contributed by atoms with van der Waals surface area (Å²) in [4.78, 5) is 0. The number of rotatable bonds is 2. The SMILES string of the molecule is COc1c(N)ccc(F)c1-c1ccccc1. The summed E-state index contributed by atoms with van der Waals surface area (Å²) >= 11 is 0. The molecule has 0 amide bonds. The fourth-order valence-electron chi connectivity index (χ4n) is 1.67. The molecule has 0 aliphatic rings. The van der Waals surface area contributed by atoms with E-state index in [0.717, 1.165) is 5.56 Å². The molecular weight excluding hydrogens is 205 g/mol. The highest BCUT2D eigenvalue weighted by Gasteiger charge is 2.14. The van der Waals surface area contributed by atoms with E-state index >= 15 is 0 Å². The lowest BCUT2D eigenvalue weighted by Gasteiger charge is -2.12. The van der Waals surface area contributed by atoms with E-state index in [1.165, 1.54) is 19.2 Å². The van der Waals surface area contributed by atoms with Gasteiger partial charge in [0, 0.05) is 0 Å². The van der Waals surface area contributed by atoms with Gasteiger partial charge in [0.25, 0.3) is 0 Å². The molecule has 2 nitrogen and oxygen atoms in total. The number of ether oxygens (including phenoxy) is 1. The largest absolute Gasteiger partial charge is 0.494 e. The molecule has 2 aromatic rings. The lowest BCUT2D eigenvalue weighted by Crippen LogP contribution is -1.97. The van der Waals surface area contributed by atoms with Crippen LogP contribution < -0.4 is 10.5 Å². The minimum Gasteiger partial charge on any atom is -0.494 e. The first kappa shape index (κ1) is 10.5. The van der Waals surface area contributed by atoms with Crippen molar-refractivity contribution in [3.63, 3.8) is 0 Å². The molecule has 0 aromatic heterocycles. The van der Waals surface area contributed by atoms with Gasteiger partial charge in [-0.3, -0.25) is 0 Å². The number of nitrogens with two attached hydrogens (primary N) is 1. The molecule has 0 radical (unpaired) electrons. The predicted molar refractivity (Wildman–Crippen MR) is 62.8 cm³/mol. The van der Waals surface area contributed by atoms with Gasteiger partial charge in [0.15, 0.2) is 5.75 Å². The molecule has 0 unspecified atom stereocenters. The number of hydrogen-bond acceptors (Lipinski definition) is 2. The van der Waals surface area contributed by atoms with Crippen LogP contribution in [0.15, 0.2) is 42.5 Å². The second-order valence-electron chi connectivity index (χ2n) is 3.41. The Kier molecular flexibility index (Phi) is 2.77. The Morgan fingerprint density at radius 1 is 1.06 bits per heavy atom. The molecular formula is C13H12FNO. The second kappa shape index (κ2) is 4.23. The van der Waals surface area contributed by atoms with Gasteiger partial charge in [-0.25, -0.2) is 4.39 Å². The Labute approximate surface area is 93.5 Å². The fourth-order valence-corrected chi connectivity index (χ4v) is 1.67. The van der Waals surface area contributed by atoms with E-state index in [1.807, 2.05) is 30.3 Å². The van der Waals surface area contributed by atoms with Gasteiger partial charge >= 0.3 is 0 Å². The maximum Gasteiger partial charge on any atom is 0.152 e. The Morgan fingerprint density at radius 3 is 2.38 bits per heavy atom. The molecule has 2 rings (SSSR count). The minimum absolute atomic E-state index is 0.336. The van der Waals surface area contributed by atoms with Crippen molar-refractivity contribution in [3.8, 4) is 16.9 Å². The average molecular weight is 217 g/mol. The van der Waals surface area contributed by atoms with Crippen LogP contribution in [0.25, 0.3) is 11.1 Å². The Hall–Kier alpha value is -2.03. The molecule has 0 fully saturated rings. The molecule has 16 heavy (non-hydrogen) atoms. The van der Waals surface area contributed by atoms with Crippen LogP contribution in [-0.2, 0) is 0 Å². The van der Waals surface area contributed by atoms with Crippen LogP contribution in [0.5, 0.6) is 5.75 Å². The van der Waals surface area contributed by atoms with Gasteiger partial charge in [-0.05, 0) is 17.7 Å². The van der Waals surface area contributed by atoms with Crippen LogP contribution in [0.1, 0.15) is 0 Å². The fraction of sp³-hybridized carbons (Fsp3) is 0.0769. The average Bonchev–Trinajstić information content (AvgIpc) is 2.33. The molecule has 0 heterocycles. The van der Waals surface area contributed by atoms with Gasteiger partial charge in [0.05, 0.1) is 18.4 Å². The third kappa shape index (κ3) is 1.72. The van der Waals surface area contributed by atoms with Crippen LogP contribution in [0.3, 0.4) is 0 Å². The van der Waals surface area contributed by atoms with Crippen molar-refractivity contribution < 1.29 is 9.13 Å². The summed E-state index contributed by atoms with van der Waals surface area (Å²) in [6.07, 6.45) is 0. The number of hydrogen-bond donors (Lipinski definition) is 1. The third-order valence-electron chi connectivity index (χ3n) is 2.40. The molecule has 0 aliphatic heterocycles. The monoisotopic (exact) mass is 217 g/mol. The van der Waals surface area contributed by atoms with Gasteiger partial charge in [-0.2, -0.15) is 0 Å². The van der Waals surface area contributed by atoms with Crippen LogP contribution in [0.2, 0.25) is 0 Å². The van der Waals surface area contributed by atoms with Crippen molar-refractivity contribution in [3.05, 3.63) is 48.3 Å². The summed E-state index contributed by atoms with van der Waals surface area (Å²) in [5.74, 6) is 0.0449. The van der Waals surface area contributed by atoms with Crippen LogP contribution in [-0.4, -0.2) is 7.11 Å². The molecule has 2 aromatic carbocycles. The van der Waals surface area contributed by atoms with Crippen LogP contribution >= 0.6 is 0 Å². The van der Waals surface area contributed by atoms with E-state index < -0.39 is 0 Å². The lowest BCUT2D eigenvalue weighted by molar-refractivity contribution is 0.415. The first-order chi connectivity index (χ1) is 7.74. The highest BCUT2D eigenvalue weighted by Crippen LogP contribution is 2.36. The smallest absolute Gasteiger partial charge is 0.152 e. The minimum atomic E-state index is -0.336. The first-order valence-corrected chi connectivity index (χ1v) is 4.91. The molecule has 0 atom stereocenters. The second-order valence-corrected chi connectivity index (χ2v) is 3.41. The van der Waals surface area contributed by atoms with Crippen molar-refractivity contribution in [2.24, 2.45) is 0 Å². The molecule has 0 saturated heterocycles. The normalized spacial score (nSPS) is 10.1. The van der Waals surface area contributed by atoms with Crippen molar-refractivity contribution >= 4 is 5.69 Å². The molecule has 0 aliphatic carbocycles. The zero-order valence-corrected chi connectivity index (χ0v) is 8.91. The quantitative estimate of drug-likeness (QED) is 0.784. The van der Waals surface area contributed by atoms with Crippen LogP contribution in [0.4, 0.5) is 10.1 Å². The van der Waals surface area contributed by atoms with Gasteiger partial charge in [-0.1, -0.05) is 30.3 Å². The topological polar surface area (TPSA) is 35.2 Å². The van der Waals surface area contributed by atoms with Gasteiger partial charge < -0.3 is 10.5 Å². The first-order valence-electron chi connectivity index (χ1n) is 4.91.